The molecule has 0 atom stereocenters. The number of rotatable bonds is 1. The van der Waals surface area contributed by atoms with Crippen LogP contribution in [0.2, 0.25) is 0 Å². The molecular weight excluding hydrogens is 230 g/mol. The topological polar surface area (TPSA) is 87.5 Å². The van der Waals surface area contributed by atoms with Gasteiger partial charge in [-0.1, -0.05) is 0 Å². The Labute approximate surface area is 92.1 Å². The summed E-state index contributed by atoms with van der Waals surface area (Å²) in [5.41, 5.74) is 0.432. The molecule has 0 aliphatic carbocycles. The maximum atomic E-state index is 11.2. The first-order valence-corrected chi connectivity index (χ1v) is 5.90. The SMILES string of the molecule is Cc1cc(O)c2ncccc2c1S(=O)(=O)O. The Kier molecular flexibility index (Phi) is 2.32. The molecule has 2 N–H and O–H groups in total. The predicted molar refractivity (Wildman–Crippen MR) is 58.0 cm³/mol. The van der Waals surface area contributed by atoms with E-state index in [1.54, 1.807) is 0 Å². The molecule has 84 valence electrons. The number of phenolic OH excluding ortho intramolecular Hbond substituents is 1. The number of benzene rings is 1. The van der Waals surface area contributed by atoms with Gasteiger partial charge in [0, 0.05) is 11.6 Å². The summed E-state index contributed by atoms with van der Waals surface area (Å²) in [6.07, 6.45) is 1.44. The van der Waals surface area contributed by atoms with Gasteiger partial charge in [0.1, 0.15) is 16.2 Å². The van der Waals surface area contributed by atoms with Gasteiger partial charge in [0.2, 0.25) is 0 Å². The van der Waals surface area contributed by atoms with Crippen LogP contribution in [0.3, 0.4) is 0 Å². The van der Waals surface area contributed by atoms with Gasteiger partial charge < -0.3 is 5.11 Å². The maximum absolute atomic E-state index is 11.2. The molecule has 0 saturated carbocycles. The van der Waals surface area contributed by atoms with Crippen LogP contribution in [0.25, 0.3) is 10.9 Å². The largest absolute Gasteiger partial charge is 0.506 e. The molecule has 2 rings (SSSR count). The van der Waals surface area contributed by atoms with Crippen molar-refractivity contribution in [1.29, 1.82) is 0 Å². The van der Waals surface area contributed by atoms with Crippen molar-refractivity contribution in [3.8, 4) is 5.75 Å². The molecule has 0 saturated heterocycles. The fourth-order valence-electron chi connectivity index (χ4n) is 1.69. The van der Waals surface area contributed by atoms with Crippen LogP contribution in [-0.4, -0.2) is 23.1 Å². The highest BCUT2D eigenvalue weighted by atomic mass is 32.2. The molecule has 0 spiro atoms. The first-order valence-electron chi connectivity index (χ1n) is 4.46. The number of phenols is 1. The molecule has 0 fully saturated rings. The lowest BCUT2D eigenvalue weighted by atomic mass is 10.1. The number of aromatic hydroxyl groups is 1. The maximum Gasteiger partial charge on any atom is 0.295 e. The fraction of sp³-hybridized carbons (Fsp3) is 0.100. The summed E-state index contributed by atoms with van der Waals surface area (Å²) >= 11 is 0. The van der Waals surface area contributed by atoms with E-state index < -0.39 is 10.1 Å². The van der Waals surface area contributed by atoms with Gasteiger partial charge in [0.05, 0.1) is 0 Å². The van der Waals surface area contributed by atoms with Gasteiger partial charge in [-0.25, -0.2) is 0 Å². The zero-order valence-electron chi connectivity index (χ0n) is 8.38. The van der Waals surface area contributed by atoms with E-state index in [-0.39, 0.29) is 27.1 Å². The lowest BCUT2D eigenvalue weighted by Crippen LogP contribution is -2.02. The number of nitrogens with zero attached hydrogens (tertiary/aromatic N) is 1. The van der Waals surface area contributed by atoms with Gasteiger partial charge in [0.25, 0.3) is 10.1 Å². The summed E-state index contributed by atoms with van der Waals surface area (Å²) in [6, 6.07) is 4.28. The minimum atomic E-state index is -4.33. The lowest BCUT2D eigenvalue weighted by Gasteiger charge is -2.08. The number of aryl methyl sites for hydroxylation is 1. The van der Waals surface area contributed by atoms with Crippen molar-refractivity contribution in [2.24, 2.45) is 0 Å². The van der Waals surface area contributed by atoms with Crippen molar-refractivity contribution in [3.63, 3.8) is 0 Å². The second-order valence-corrected chi connectivity index (χ2v) is 4.77. The zero-order valence-corrected chi connectivity index (χ0v) is 9.19. The second-order valence-electron chi connectivity index (χ2n) is 3.42. The molecule has 0 radical (unpaired) electrons. The number of hydrogen-bond acceptors (Lipinski definition) is 4. The third-order valence-electron chi connectivity index (χ3n) is 2.26. The smallest absolute Gasteiger partial charge is 0.295 e. The van der Waals surface area contributed by atoms with Crippen LogP contribution in [0.4, 0.5) is 0 Å². The Hall–Kier alpha value is -1.66. The molecule has 0 aliphatic rings. The summed E-state index contributed by atoms with van der Waals surface area (Å²) in [6.45, 7) is 1.50. The van der Waals surface area contributed by atoms with Crippen LogP contribution >= 0.6 is 0 Å². The average molecular weight is 239 g/mol. The Morgan fingerprint density at radius 3 is 2.69 bits per heavy atom. The minimum Gasteiger partial charge on any atom is -0.506 e. The van der Waals surface area contributed by atoms with Crippen LogP contribution in [-0.2, 0) is 10.1 Å². The molecule has 0 amide bonds. The van der Waals surface area contributed by atoms with Crippen LogP contribution in [0, 0.1) is 6.92 Å². The average Bonchev–Trinajstić information content (AvgIpc) is 2.15. The highest BCUT2D eigenvalue weighted by molar-refractivity contribution is 7.86. The Balaban J connectivity index is 3.05. The van der Waals surface area contributed by atoms with Gasteiger partial charge in [-0.3, -0.25) is 9.54 Å². The number of aromatic nitrogens is 1. The van der Waals surface area contributed by atoms with Gasteiger partial charge in [-0.15, -0.1) is 0 Å². The van der Waals surface area contributed by atoms with E-state index in [2.05, 4.69) is 4.98 Å². The lowest BCUT2D eigenvalue weighted by molar-refractivity contribution is 0.477. The van der Waals surface area contributed by atoms with Gasteiger partial charge in [0.15, 0.2) is 0 Å². The van der Waals surface area contributed by atoms with Crippen molar-refractivity contribution in [3.05, 3.63) is 30.0 Å². The summed E-state index contributed by atoms with van der Waals surface area (Å²) in [4.78, 5) is 3.66. The van der Waals surface area contributed by atoms with E-state index in [9.17, 15) is 13.5 Å². The van der Waals surface area contributed by atoms with Crippen molar-refractivity contribution in [2.45, 2.75) is 11.8 Å². The van der Waals surface area contributed by atoms with E-state index in [1.807, 2.05) is 0 Å². The van der Waals surface area contributed by atoms with Crippen molar-refractivity contribution in [1.82, 2.24) is 4.98 Å². The van der Waals surface area contributed by atoms with E-state index in [0.29, 0.717) is 0 Å². The minimum absolute atomic E-state index is 0.111. The second kappa shape index (κ2) is 3.43. The van der Waals surface area contributed by atoms with Gasteiger partial charge in [-0.05, 0) is 30.7 Å². The van der Waals surface area contributed by atoms with Crippen LogP contribution in [0.1, 0.15) is 5.56 Å². The molecule has 6 heteroatoms. The zero-order chi connectivity index (χ0) is 11.9. The normalized spacial score (nSPS) is 11.9. The molecular formula is C10H9NO4S. The number of hydrogen-bond donors (Lipinski definition) is 2. The van der Waals surface area contributed by atoms with Crippen molar-refractivity contribution < 1.29 is 18.1 Å². The third-order valence-corrected chi connectivity index (χ3v) is 3.32. The summed E-state index contributed by atoms with van der Waals surface area (Å²) < 4.78 is 31.6. The van der Waals surface area contributed by atoms with E-state index in [4.69, 9.17) is 4.55 Å². The summed E-state index contributed by atoms with van der Waals surface area (Å²) in [5, 5.41) is 9.81. The molecule has 0 unspecified atom stereocenters. The fourth-order valence-corrected chi connectivity index (χ4v) is 2.59. The van der Waals surface area contributed by atoms with E-state index in [1.165, 1.54) is 31.3 Å². The molecule has 0 aliphatic heterocycles. The predicted octanol–water partition coefficient (Wildman–Crippen LogP) is 1.50. The molecule has 2 aromatic rings. The first-order chi connectivity index (χ1) is 7.41. The number of fused-ring (bicyclic) bond motifs is 1. The third kappa shape index (κ3) is 1.62. The molecule has 1 aromatic heterocycles. The van der Waals surface area contributed by atoms with Crippen molar-refractivity contribution >= 4 is 21.0 Å². The van der Waals surface area contributed by atoms with E-state index in [0.717, 1.165) is 0 Å². The molecule has 1 heterocycles. The highest BCUT2D eigenvalue weighted by Gasteiger charge is 2.19. The van der Waals surface area contributed by atoms with Gasteiger partial charge >= 0.3 is 0 Å². The Bertz CT molecular complexity index is 664. The summed E-state index contributed by atoms with van der Waals surface area (Å²) in [7, 11) is -4.33. The first kappa shape index (κ1) is 10.8. The quantitative estimate of drug-likeness (QED) is 0.736. The molecule has 5 nitrogen and oxygen atoms in total. The molecule has 1 aromatic carbocycles. The molecule has 0 bridgehead atoms. The van der Waals surface area contributed by atoms with E-state index >= 15 is 0 Å². The monoisotopic (exact) mass is 239 g/mol. The van der Waals surface area contributed by atoms with Crippen LogP contribution in [0.15, 0.2) is 29.3 Å². The van der Waals surface area contributed by atoms with Crippen LogP contribution < -0.4 is 0 Å². The van der Waals surface area contributed by atoms with Gasteiger partial charge in [-0.2, -0.15) is 8.42 Å². The standard InChI is InChI=1S/C10H9NO4S/c1-6-5-8(12)9-7(3-2-4-11-9)10(6)16(13,14)15/h2-5,12H,1H3,(H,13,14,15). The van der Waals surface area contributed by atoms with Crippen molar-refractivity contribution in [2.75, 3.05) is 0 Å². The van der Waals surface area contributed by atoms with Crippen LogP contribution in [0.5, 0.6) is 5.75 Å². The molecule has 16 heavy (non-hydrogen) atoms. The Morgan fingerprint density at radius 2 is 2.06 bits per heavy atom. The summed E-state index contributed by atoms with van der Waals surface area (Å²) in [5.74, 6) is -0.111. The number of pyridine rings is 1. The Morgan fingerprint density at radius 1 is 1.38 bits per heavy atom. The highest BCUT2D eigenvalue weighted by Crippen LogP contribution is 2.31.